The van der Waals surface area contributed by atoms with Gasteiger partial charge in [-0.2, -0.15) is 10.2 Å². The Balaban J connectivity index is 1.50. The van der Waals surface area contributed by atoms with E-state index in [0.29, 0.717) is 38.3 Å². The Bertz CT molecular complexity index is 1230. The molecule has 2 N–H and O–H groups in total. The van der Waals surface area contributed by atoms with Crippen molar-refractivity contribution < 1.29 is 9.59 Å². The van der Waals surface area contributed by atoms with Gasteiger partial charge in [-0.3, -0.25) is 15.0 Å². The van der Waals surface area contributed by atoms with Crippen LogP contribution >= 0.6 is 0 Å². The summed E-state index contributed by atoms with van der Waals surface area (Å²) in [6.07, 6.45) is 3.75. The van der Waals surface area contributed by atoms with Gasteiger partial charge in [0, 0.05) is 31.4 Å². The Labute approximate surface area is 185 Å². The van der Waals surface area contributed by atoms with E-state index in [4.69, 9.17) is 0 Å². The zero-order chi connectivity index (χ0) is 22.7. The SMILES string of the molecule is CC(C)(C)Cc1c(CN2CCC3(CC2)NC(=O)NC3=O)cc2c3c(nc(C#N)nc13)N=C2. The van der Waals surface area contributed by atoms with E-state index < -0.39 is 11.6 Å². The molecular weight excluding hydrogens is 406 g/mol. The summed E-state index contributed by atoms with van der Waals surface area (Å²) in [5.74, 6) is 0.470. The number of nitrogens with zero attached hydrogens (tertiary/aromatic N) is 5. The lowest BCUT2D eigenvalue weighted by molar-refractivity contribution is -0.125. The first-order chi connectivity index (χ1) is 15.2. The van der Waals surface area contributed by atoms with Crippen molar-refractivity contribution in [2.75, 3.05) is 13.1 Å². The van der Waals surface area contributed by atoms with Crippen molar-refractivity contribution in [1.82, 2.24) is 25.5 Å². The number of hydrogen-bond acceptors (Lipinski definition) is 7. The Morgan fingerprint density at radius 1 is 1.22 bits per heavy atom. The summed E-state index contributed by atoms with van der Waals surface area (Å²) >= 11 is 0. The first-order valence-electron chi connectivity index (χ1n) is 10.8. The van der Waals surface area contributed by atoms with Crippen LogP contribution in [0.5, 0.6) is 0 Å². The lowest BCUT2D eigenvalue weighted by Gasteiger charge is -2.37. The van der Waals surface area contributed by atoms with E-state index in [0.717, 1.165) is 34.0 Å². The zero-order valence-electron chi connectivity index (χ0n) is 18.4. The Kier molecular flexibility index (Phi) is 4.53. The third-order valence-corrected chi connectivity index (χ3v) is 6.43. The van der Waals surface area contributed by atoms with E-state index in [1.807, 2.05) is 0 Å². The summed E-state index contributed by atoms with van der Waals surface area (Å²) in [6.45, 7) is 8.66. The van der Waals surface area contributed by atoms with Gasteiger partial charge in [0.1, 0.15) is 11.6 Å². The van der Waals surface area contributed by atoms with E-state index >= 15 is 0 Å². The molecular formula is C23H25N7O2. The summed E-state index contributed by atoms with van der Waals surface area (Å²) in [7, 11) is 0. The molecule has 5 rings (SSSR count). The normalized spacial score (nSPS) is 19.4. The highest BCUT2D eigenvalue weighted by atomic mass is 16.2. The second-order valence-electron chi connectivity index (χ2n) is 10.1. The quantitative estimate of drug-likeness (QED) is 0.614. The average Bonchev–Trinajstić information content (AvgIpc) is 3.26. The molecule has 0 saturated carbocycles. The first kappa shape index (κ1) is 20.5. The predicted octanol–water partition coefficient (Wildman–Crippen LogP) is 2.33. The number of amides is 3. The van der Waals surface area contributed by atoms with Crippen LogP contribution in [0.4, 0.5) is 10.6 Å². The zero-order valence-corrected chi connectivity index (χ0v) is 18.4. The number of nitriles is 1. The Morgan fingerprint density at radius 2 is 1.97 bits per heavy atom. The van der Waals surface area contributed by atoms with Gasteiger partial charge in [0.2, 0.25) is 5.82 Å². The molecule has 0 atom stereocenters. The molecule has 3 amide bonds. The van der Waals surface area contributed by atoms with E-state index in [9.17, 15) is 14.9 Å². The van der Waals surface area contributed by atoms with Gasteiger partial charge in [-0.15, -0.1) is 0 Å². The Morgan fingerprint density at radius 3 is 2.59 bits per heavy atom. The average molecular weight is 432 g/mol. The van der Waals surface area contributed by atoms with Gasteiger partial charge >= 0.3 is 6.03 Å². The molecule has 9 heteroatoms. The highest BCUT2D eigenvalue weighted by molar-refractivity contribution is 6.10. The van der Waals surface area contributed by atoms with E-state index in [1.165, 1.54) is 0 Å². The summed E-state index contributed by atoms with van der Waals surface area (Å²) in [5.41, 5.74) is 3.30. The van der Waals surface area contributed by atoms with Crippen LogP contribution in [-0.4, -0.2) is 51.6 Å². The number of nitrogens with one attached hydrogen (secondary N) is 2. The van der Waals surface area contributed by atoms with Gasteiger partial charge in [-0.25, -0.2) is 14.8 Å². The van der Waals surface area contributed by atoms with Crippen molar-refractivity contribution >= 4 is 34.9 Å². The minimum Gasteiger partial charge on any atom is -0.323 e. The van der Waals surface area contributed by atoms with E-state index in [2.05, 4.69) is 63.4 Å². The monoisotopic (exact) mass is 431 g/mol. The van der Waals surface area contributed by atoms with Crippen LogP contribution in [0, 0.1) is 16.7 Å². The lowest BCUT2D eigenvalue weighted by atomic mass is 9.83. The molecule has 1 aromatic heterocycles. The second-order valence-corrected chi connectivity index (χ2v) is 10.1. The molecule has 2 saturated heterocycles. The van der Waals surface area contributed by atoms with Crippen LogP contribution < -0.4 is 10.6 Å². The highest BCUT2D eigenvalue weighted by Gasteiger charge is 2.47. The number of carbonyl (C=O) groups excluding carboxylic acids is 2. The molecule has 3 aliphatic heterocycles. The van der Waals surface area contributed by atoms with E-state index in [-0.39, 0.29) is 17.1 Å². The Hall–Kier alpha value is -3.38. The predicted molar refractivity (Wildman–Crippen MR) is 119 cm³/mol. The molecule has 32 heavy (non-hydrogen) atoms. The summed E-state index contributed by atoms with van der Waals surface area (Å²) in [4.78, 5) is 39.5. The molecule has 1 spiro atoms. The molecule has 3 aliphatic rings. The number of benzene rings is 1. The standard InChI is InChI=1S/C23H25N7O2/c1-22(2,3)9-15-14(8-13-11-25-19-17(13)18(15)26-16(10-24)27-19)12-30-6-4-23(5-7-30)20(31)28-21(32)29-23/h8,11H,4-7,9,12H2,1-3H3,(H2,28,29,31,32). The fraction of sp³-hybridized carbons (Fsp3) is 0.478. The molecule has 0 unspecified atom stereocenters. The number of hydrogen-bond donors (Lipinski definition) is 2. The van der Waals surface area contributed by atoms with Crippen LogP contribution in [0.2, 0.25) is 0 Å². The molecule has 2 fully saturated rings. The molecule has 0 bridgehead atoms. The lowest BCUT2D eigenvalue weighted by Crippen LogP contribution is -2.54. The fourth-order valence-corrected chi connectivity index (χ4v) is 4.89. The number of likely N-dealkylation sites (tertiary alicyclic amines) is 1. The fourth-order valence-electron chi connectivity index (χ4n) is 4.89. The third-order valence-electron chi connectivity index (χ3n) is 6.43. The van der Waals surface area contributed by atoms with Crippen LogP contribution in [0.1, 0.15) is 56.1 Å². The van der Waals surface area contributed by atoms with Crippen LogP contribution in [0.15, 0.2) is 11.1 Å². The van der Waals surface area contributed by atoms with Gasteiger partial charge in [0.15, 0.2) is 5.82 Å². The number of piperidine rings is 1. The van der Waals surface area contributed by atoms with Crippen molar-refractivity contribution in [2.24, 2.45) is 10.4 Å². The van der Waals surface area contributed by atoms with Crippen LogP contribution in [0.25, 0.3) is 10.9 Å². The summed E-state index contributed by atoms with van der Waals surface area (Å²) in [6, 6.07) is 3.82. The molecule has 2 aromatic rings. The maximum absolute atomic E-state index is 12.3. The number of urea groups is 1. The van der Waals surface area contributed by atoms with Gasteiger partial charge < -0.3 is 5.32 Å². The summed E-state index contributed by atoms with van der Waals surface area (Å²) < 4.78 is 0. The number of aromatic nitrogens is 2. The van der Waals surface area contributed by atoms with Crippen molar-refractivity contribution in [1.29, 1.82) is 5.26 Å². The van der Waals surface area contributed by atoms with Gasteiger partial charge in [-0.1, -0.05) is 20.8 Å². The number of imide groups is 1. The van der Waals surface area contributed by atoms with Crippen molar-refractivity contribution in [3.05, 3.63) is 28.6 Å². The van der Waals surface area contributed by atoms with E-state index in [1.54, 1.807) is 6.21 Å². The van der Waals surface area contributed by atoms with Gasteiger partial charge in [0.25, 0.3) is 5.91 Å². The third kappa shape index (κ3) is 3.41. The largest absolute Gasteiger partial charge is 0.323 e. The number of aliphatic imine (C=N–C) groups is 1. The highest BCUT2D eigenvalue weighted by Crippen LogP contribution is 2.38. The van der Waals surface area contributed by atoms with Crippen molar-refractivity contribution in [3.8, 4) is 6.07 Å². The molecule has 4 heterocycles. The smallest absolute Gasteiger partial charge is 0.322 e. The van der Waals surface area contributed by atoms with Crippen LogP contribution in [-0.2, 0) is 17.8 Å². The molecule has 0 radical (unpaired) electrons. The molecule has 1 aromatic carbocycles. The molecule has 0 aliphatic carbocycles. The van der Waals surface area contributed by atoms with Gasteiger partial charge in [0.05, 0.1) is 10.9 Å². The maximum Gasteiger partial charge on any atom is 0.322 e. The molecule has 164 valence electrons. The topological polar surface area (TPSA) is 123 Å². The van der Waals surface area contributed by atoms with Crippen LogP contribution in [0.3, 0.4) is 0 Å². The van der Waals surface area contributed by atoms with Crippen molar-refractivity contribution in [2.45, 2.75) is 52.1 Å². The first-order valence-corrected chi connectivity index (χ1v) is 10.8. The molecule has 9 nitrogen and oxygen atoms in total. The second kappa shape index (κ2) is 7.07. The van der Waals surface area contributed by atoms with Crippen molar-refractivity contribution in [3.63, 3.8) is 0 Å². The maximum atomic E-state index is 12.3. The number of carbonyl (C=O) groups is 2. The van der Waals surface area contributed by atoms with Gasteiger partial charge in [-0.05, 0) is 41.9 Å². The minimum absolute atomic E-state index is 0.0220. The minimum atomic E-state index is -0.782. The summed E-state index contributed by atoms with van der Waals surface area (Å²) in [5, 5.41) is 15.5. The number of rotatable bonds is 3.